The van der Waals surface area contributed by atoms with E-state index in [0.717, 1.165) is 6.42 Å². The number of rotatable bonds is 3. The Bertz CT molecular complexity index is 232. The molecule has 1 fully saturated rings. The first-order valence-electron chi connectivity index (χ1n) is 4.59. The molecular formula is C8H15N3O3. The lowest BCUT2D eigenvalue weighted by Crippen LogP contribution is -2.51. The zero-order valence-corrected chi connectivity index (χ0v) is 7.82. The van der Waals surface area contributed by atoms with Crippen LogP contribution >= 0.6 is 0 Å². The average molecular weight is 201 g/mol. The van der Waals surface area contributed by atoms with E-state index in [-0.39, 0.29) is 18.5 Å². The molecule has 6 heteroatoms. The van der Waals surface area contributed by atoms with Crippen LogP contribution in [0.1, 0.15) is 12.8 Å². The van der Waals surface area contributed by atoms with Crippen molar-refractivity contribution in [2.75, 3.05) is 13.1 Å². The quantitative estimate of drug-likeness (QED) is 0.434. The van der Waals surface area contributed by atoms with Gasteiger partial charge in [-0.3, -0.25) is 9.59 Å². The largest absolute Gasteiger partial charge is 0.480 e. The van der Waals surface area contributed by atoms with Crippen molar-refractivity contribution in [3.8, 4) is 0 Å². The highest BCUT2D eigenvalue weighted by Gasteiger charge is 2.26. The molecule has 0 aliphatic carbocycles. The van der Waals surface area contributed by atoms with Crippen LogP contribution < -0.4 is 16.4 Å². The van der Waals surface area contributed by atoms with Gasteiger partial charge in [0.2, 0.25) is 5.91 Å². The fourth-order valence-corrected chi connectivity index (χ4v) is 1.52. The summed E-state index contributed by atoms with van der Waals surface area (Å²) in [5.74, 6) is -1.11. The summed E-state index contributed by atoms with van der Waals surface area (Å²) in [6.45, 7) is 0.550. The first kappa shape index (κ1) is 10.9. The lowest BCUT2D eigenvalue weighted by molar-refractivity contribution is -0.140. The molecule has 14 heavy (non-hydrogen) atoms. The molecule has 5 N–H and O–H groups in total. The topological polar surface area (TPSA) is 104 Å². The van der Waals surface area contributed by atoms with Crippen LogP contribution in [-0.4, -0.2) is 42.2 Å². The molecule has 0 unspecified atom stereocenters. The van der Waals surface area contributed by atoms with Gasteiger partial charge in [-0.1, -0.05) is 0 Å². The van der Waals surface area contributed by atoms with Crippen molar-refractivity contribution in [2.45, 2.75) is 24.9 Å². The van der Waals surface area contributed by atoms with Gasteiger partial charge in [-0.15, -0.1) is 0 Å². The maximum Gasteiger partial charge on any atom is 0.320 e. The van der Waals surface area contributed by atoms with E-state index in [4.69, 9.17) is 10.8 Å². The van der Waals surface area contributed by atoms with E-state index < -0.39 is 12.0 Å². The predicted molar refractivity (Wildman–Crippen MR) is 49.6 cm³/mol. The molecule has 1 aliphatic heterocycles. The van der Waals surface area contributed by atoms with E-state index in [1.54, 1.807) is 0 Å². The summed E-state index contributed by atoms with van der Waals surface area (Å²) in [4.78, 5) is 21.6. The van der Waals surface area contributed by atoms with Crippen LogP contribution in [0, 0.1) is 0 Å². The van der Waals surface area contributed by atoms with Crippen LogP contribution in [0.5, 0.6) is 0 Å². The number of amides is 1. The number of aliphatic carboxylic acids is 1. The molecule has 1 rings (SSSR count). The SMILES string of the molecule is NCC(=O)N[C@H]1CCN[C@@H](C(=O)O)C1. The van der Waals surface area contributed by atoms with Crippen LogP contribution in [0.4, 0.5) is 0 Å². The van der Waals surface area contributed by atoms with Gasteiger partial charge in [0, 0.05) is 6.04 Å². The molecule has 0 spiro atoms. The van der Waals surface area contributed by atoms with Crippen molar-refractivity contribution in [3.05, 3.63) is 0 Å². The van der Waals surface area contributed by atoms with Crippen molar-refractivity contribution in [1.82, 2.24) is 10.6 Å². The number of nitrogens with one attached hydrogen (secondary N) is 2. The van der Waals surface area contributed by atoms with Crippen LogP contribution in [0.2, 0.25) is 0 Å². The molecule has 1 amide bonds. The fourth-order valence-electron chi connectivity index (χ4n) is 1.52. The number of carboxylic acids is 1. The Hall–Kier alpha value is -1.14. The highest BCUT2D eigenvalue weighted by Crippen LogP contribution is 2.08. The third-order valence-corrected chi connectivity index (χ3v) is 2.25. The van der Waals surface area contributed by atoms with Gasteiger partial charge in [0.1, 0.15) is 6.04 Å². The van der Waals surface area contributed by atoms with Gasteiger partial charge in [-0.25, -0.2) is 0 Å². The third-order valence-electron chi connectivity index (χ3n) is 2.25. The van der Waals surface area contributed by atoms with Crippen molar-refractivity contribution in [3.63, 3.8) is 0 Å². The molecule has 0 aromatic carbocycles. The monoisotopic (exact) mass is 201 g/mol. The lowest BCUT2D eigenvalue weighted by Gasteiger charge is -2.28. The Kier molecular flexibility index (Phi) is 3.84. The van der Waals surface area contributed by atoms with Crippen molar-refractivity contribution in [1.29, 1.82) is 0 Å². The van der Waals surface area contributed by atoms with Gasteiger partial charge < -0.3 is 21.5 Å². The minimum atomic E-state index is -0.878. The molecule has 0 aromatic rings. The summed E-state index contributed by atoms with van der Waals surface area (Å²) in [6, 6.07) is -0.639. The second kappa shape index (κ2) is 4.92. The summed E-state index contributed by atoms with van der Waals surface area (Å²) in [7, 11) is 0. The van der Waals surface area contributed by atoms with Gasteiger partial charge >= 0.3 is 5.97 Å². The van der Waals surface area contributed by atoms with Gasteiger partial charge in [-0.2, -0.15) is 0 Å². The fraction of sp³-hybridized carbons (Fsp3) is 0.750. The molecule has 1 aliphatic rings. The first-order chi connectivity index (χ1) is 6.63. The number of hydrogen-bond donors (Lipinski definition) is 4. The normalized spacial score (nSPS) is 26.9. The van der Waals surface area contributed by atoms with Crippen molar-refractivity contribution >= 4 is 11.9 Å². The first-order valence-corrected chi connectivity index (χ1v) is 4.59. The molecule has 1 heterocycles. The minimum absolute atomic E-state index is 0.0539. The molecule has 0 saturated carbocycles. The Morgan fingerprint density at radius 3 is 2.86 bits per heavy atom. The van der Waals surface area contributed by atoms with Crippen molar-refractivity contribution < 1.29 is 14.7 Å². The predicted octanol–water partition coefficient (Wildman–Crippen LogP) is -1.73. The summed E-state index contributed by atoms with van der Waals surface area (Å²) < 4.78 is 0. The van der Waals surface area contributed by atoms with E-state index in [1.807, 2.05) is 0 Å². The Labute approximate surface area is 81.8 Å². The zero-order chi connectivity index (χ0) is 10.6. The standard InChI is InChI=1S/C8H15N3O3/c9-4-7(12)11-5-1-2-10-6(3-5)8(13)14/h5-6,10H,1-4,9H2,(H,11,12)(H,13,14)/t5-,6+/m0/s1. The summed E-state index contributed by atoms with van der Waals surface area (Å²) >= 11 is 0. The van der Waals surface area contributed by atoms with Crippen molar-refractivity contribution in [2.24, 2.45) is 5.73 Å². The molecule has 6 nitrogen and oxygen atoms in total. The molecule has 80 valence electrons. The number of piperidine rings is 1. The Balaban J connectivity index is 2.40. The molecule has 0 aromatic heterocycles. The highest BCUT2D eigenvalue weighted by atomic mass is 16.4. The molecule has 0 radical (unpaired) electrons. The number of carbonyl (C=O) groups excluding carboxylic acids is 1. The smallest absolute Gasteiger partial charge is 0.320 e. The molecule has 2 atom stereocenters. The summed E-state index contributed by atoms with van der Waals surface area (Å²) in [6.07, 6.45) is 1.16. The maximum atomic E-state index is 11.0. The van der Waals surface area contributed by atoms with E-state index >= 15 is 0 Å². The minimum Gasteiger partial charge on any atom is -0.480 e. The second-order valence-electron chi connectivity index (χ2n) is 3.34. The third kappa shape index (κ3) is 2.97. The molecule has 1 saturated heterocycles. The Morgan fingerprint density at radius 2 is 2.29 bits per heavy atom. The van der Waals surface area contributed by atoms with Crippen LogP contribution in [0.25, 0.3) is 0 Å². The highest BCUT2D eigenvalue weighted by molar-refractivity contribution is 5.78. The van der Waals surface area contributed by atoms with E-state index in [1.165, 1.54) is 0 Å². The van der Waals surface area contributed by atoms with E-state index in [2.05, 4.69) is 10.6 Å². The molecular weight excluding hydrogens is 186 g/mol. The lowest BCUT2D eigenvalue weighted by atomic mass is 9.99. The number of carbonyl (C=O) groups is 2. The second-order valence-corrected chi connectivity index (χ2v) is 3.34. The van der Waals surface area contributed by atoms with Gasteiger partial charge in [0.25, 0.3) is 0 Å². The zero-order valence-electron chi connectivity index (χ0n) is 7.82. The number of hydrogen-bond acceptors (Lipinski definition) is 4. The van der Waals surface area contributed by atoms with E-state index in [9.17, 15) is 9.59 Å². The van der Waals surface area contributed by atoms with E-state index in [0.29, 0.717) is 13.0 Å². The van der Waals surface area contributed by atoms with Crippen LogP contribution in [-0.2, 0) is 9.59 Å². The number of nitrogens with two attached hydrogens (primary N) is 1. The summed E-state index contributed by atoms with van der Waals surface area (Å²) in [5, 5.41) is 14.3. The van der Waals surface area contributed by atoms with Crippen LogP contribution in [0.15, 0.2) is 0 Å². The molecule has 0 bridgehead atoms. The number of carboxylic acid groups (broad SMARTS) is 1. The maximum absolute atomic E-state index is 11.0. The average Bonchev–Trinajstić information content (AvgIpc) is 2.18. The summed E-state index contributed by atoms with van der Waals surface area (Å²) in [5.41, 5.74) is 5.14. The van der Waals surface area contributed by atoms with Gasteiger partial charge in [-0.05, 0) is 19.4 Å². The van der Waals surface area contributed by atoms with Crippen LogP contribution in [0.3, 0.4) is 0 Å². The van der Waals surface area contributed by atoms with Gasteiger partial charge in [0.05, 0.1) is 6.54 Å². The Morgan fingerprint density at radius 1 is 1.57 bits per heavy atom. The van der Waals surface area contributed by atoms with Gasteiger partial charge in [0.15, 0.2) is 0 Å².